The molecular weight excluding hydrogens is 324 g/mol. The molecule has 0 saturated heterocycles. The van der Waals surface area contributed by atoms with Crippen molar-refractivity contribution in [2.45, 2.75) is 19.8 Å². The van der Waals surface area contributed by atoms with Gasteiger partial charge in [-0.1, -0.05) is 15.9 Å². The van der Waals surface area contributed by atoms with Gasteiger partial charge in [0.05, 0.1) is 6.07 Å². The summed E-state index contributed by atoms with van der Waals surface area (Å²) in [5.41, 5.74) is 2.34. The lowest BCUT2D eigenvalue weighted by Gasteiger charge is -2.07. The fraction of sp³-hybridized carbons (Fsp3) is 0.214. The minimum atomic E-state index is -0.826. The van der Waals surface area contributed by atoms with Gasteiger partial charge in [0.15, 0.2) is 11.7 Å². The highest BCUT2D eigenvalue weighted by Crippen LogP contribution is 2.25. The lowest BCUT2D eigenvalue weighted by molar-refractivity contribution is 0.0978. The van der Waals surface area contributed by atoms with Gasteiger partial charge in [-0.15, -0.1) is 11.3 Å². The molecule has 1 aromatic heterocycles. The molecule has 2 rings (SSSR count). The van der Waals surface area contributed by atoms with Gasteiger partial charge in [0.25, 0.3) is 0 Å². The zero-order valence-corrected chi connectivity index (χ0v) is 12.9. The van der Waals surface area contributed by atoms with Gasteiger partial charge in [0.2, 0.25) is 0 Å². The number of benzene rings is 1. The summed E-state index contributed by atoms with van der Waals surface area (Å²) >= 11 is 4.71. The van der Waals surface area contributed by atoms with Crippen LogP contribution in [0.2, 0.25) is 0 Å². The van der Waals surface area contributed by atoms with Crippen molar-refractivity contribution < 1.29 is 4.79 Å². The minimum absolute atomic E-state index is 0.207. The summed E-state index contributed by atoms with van der Waals surface area (Å²) < 4.78 is 0.836. The Labute approximate surface area is 124 Å². The molecule has 2 aromatic rings. The van der Waals surface area contributed by atoms with Gasteiger partial charge in [-0.05, 0) is 37.6 Å². The largest absolute Gasteiger partial charge is 0.292 e. The van der Waals surface area contributed by atoms with Gasteiger partial charge in [-0.25, -0.2) is 4.98 Å². The van der Waals surface area contributed by atoms with E-state index in [0.717, 1.165) is 15.7 Å². The molecule has 0 aliphatic carbocycles. The zero-order valence-electron chi connectivity index (χ0n) is 10.5. The highest BCUT2D eigenvalue weighted by atomic mass is 79.9. The maximum absolute atomic E-state index is 12.4. The molecule has 0 aliphatic heterocycles. The first kappa shape index (κ1) is 13.9. The van der Waals surface area contributed by atoms with Gasteiger partial charge >= 0.3 is 0 Å². The summed E-state index contributed by atoms with van der Waals surface area (Å²) in [4.78, 5) is 16.7. The maximum atomic E-state index is 12.4. The normalized spacial score (nSPS) is 11.9. The third-order valence-electron chi connectivity index (χ3n) is 2.60. The zero-order chi connectivity index (χ0) is 14.0. The van der Waals surface area contributed by atoms with E-state index in [1.807, 2.05) is 25.3 Å². The quantitative estimate of drug-likeness (QED) is 0.796. The van der Waals surface area contributed by atoms with Gasteiger partial charge in [-0.3, -0.25) is 4.79 Å². The van der Waals surface area contributed by atoms with Crippen LogP contribution in [0.1, 0.15) is 32.5 Å². The van der Waals surface area contributed by atoms with Crippen LogP contribution in [-0.2, 0) is 0 Å². The Morgan fingerprint density at radius 1 is 1.42 bits per heavy atom. The first-order valence-electron chi connectivity index (χ1n) is 5.64. The summed E-state index contributed by atoms with van der Waals surface area (Å²) in [5, 5.41) is 11.6. The monoisotopic (exact) mass is 334 g/mol. The van der Waals surface area contributed by atoms with E-state index in [0.29, 0.717) is 10.6 Å². The third kappa shape index (κ3) is 3.09. The number of carbonyl (C=O) groups is 1. The number of aromatic nitrogens is 1. The van der Waals surface area contributed by atoms with Gasteiger partial charge < -0.3 is 0 Å². The van der Waals surface area contributed by atoms with Crippen molar-refractivity contribution in [3.8, 4) is 6.07 Å². The molecule has 0 radical (unpaired) electrons. The average Bonchev–Trinajstić information content (AvgIpc) is 2.75. The molecule has 1 atom stereocenters. The molecule has 19 heavy (non-hydrogen) atoms. The molecule has 0 amide bonds. The van der Waals surface area contributed by atoms with Gasteiger partial charge in [-0.2, -0.15) is 5.26 Å². The fourth-order valence-corrected chi connectivity index (χ4v) is 3.22. The van der Waals surface area contributed by atoms with Crippen LogP contribution < -0.4 is 0 Å². The Morgan fingerprint density at radius 2 is 2.16 bits per heavy atom. The van der Waals surface area contributed by atoms with E-state index in [1.54, 1.807) is 12.1 Å². The van der Waals surface area contributed by atoms with E-state index >= 15 is 0 Å². The first-order chi connectivity index (χ1) is 9.01. The Kier molecular flexibility index (Phi) is 4.13. The summed E-state index contributed by atoms with van der Waals surface area (Å²) in [6, 6.07) is 7.50. The number of ketones is 1. The molecule has 1 aromatic carbocycles. The lowest BCUT2D eigenvalue weighted by Crippen LogP contribution is -2.11. The van der Waals surface area contributed by atoms with Gasteiger partial charge in [0, 0.05) is 21.1 Å². The molecule has 0 aliphatic rings. The molecular formula is C14H11BrN2OS. The number of thiazole rings is 1. The lowest BCUT2D eigenvalue weighted by atomic mass is 9.98. The van der Waals surface area contributed by atoms with Crippen molar-refractivity contribution in [2.75, 3.05) is 0 Å². The maximum Gasteiger partial charge on any atom is 0.186 e. The van der Waals surface area contributed by atoms with E-state index in [4.69, 9.17) is 0 Å². The Morgan fingerprint density at radius 3 is 2.68 bits per heavy atom. The van der Waals surface area contributed by atoms with Crippen LogP contribution in [0.15, 0.2) is 28.1 Å². The predicted octanol–water partition coefficient (Wildman–Crippen LogP) is 4.01. The Bertz CT molecular complexity index is 652. The number of nitrogens with zero attached hydrogens (tertiary/aromatic N) is 2. The van der Waals surface area contributed by atoms with E-state index in [9.17, 15) is 10.1 Å². The van der Waals surface area contributed by atoms with Crippen molar-refractivity contribution in [1.82, 2.24) is 4.98 Å². The van der Waals surface area contributed by atoms with Crippen molar-refractivity contribution in [1.29, 1.82) is 5.26 Å². The molecule has 96 valence electrons. The van der Waals surface area contributed by atoms with E-state index in [1.165, 1.54) is 11.3 Å². The molecule has 1 heterocycles. The number of hydrogen-bond donors (Lipinski definition) is 0. The molecule has 3 nitrogen and oxygen atoms in total. The molecule has 0 N–H and O–H groups in total. The summed E-state index contributed by atoms with van der Waals surface area (Å²) in [7, 11) is 0. The molecule has 5 heteroatoms. The SMILES string of the molecule is Cc1cc(Br)cc(C(=O)[C@@H](C#N)c2nc(C)cs2)c1. The van der Waals surface area contributed by atoms with Crippen molar-refractivity contribution in [3.05, 3.63) is 49.9 Å². The van der Waals surface area contributed by atoms with Crippen molar-refractivity contribution in [3.63, 3.8) is 0 Å². The van der Waals surface area contributed by atoms with Crippen LogP contribution in [-0.4, -0.2) is 10.8 Å². The highest BCUT2D eigenvalue weighted by Gasteiger charge is 2.24. The van der Waals surface area contributed by atoms with Crippen LogP contribution in [0.3, 0.4) is 0 Å². The van der Waals surface area contributed by atoms with Gasteiger partial charge in [0.1, 0.15) is 5.01 Å². The average molecular weight is 335 g/mol. The number of rotatable bonds is 3. The molecule has 0 fully saturated rings. The molecule has 0 saturated carbocycles. The first-order valence-corrected chi connectivity index (χ1v) is 7.31. The Balaban J connectivity index is 2.39. The second-order valence-corrected chi connectivity index (χ2v) is 6.08. The van der Waals surface area contributed by atoms with Crippen molar-refractivity contribution in [2.24, 2.45) is 0 Å². The number of hydrogen-bond acceptors (Lipinski definition) is 4. The fourth-order valence-electron chi connectivity index (χ4n) is 1.78. The summed E-state index contributed by atoms with van der Waals surface area (Å²) in [5.74, 6) is -1.03. The second-order valence-electron chi connectivity index (χ2n) is 4.27. The second kappa shape index (κ2) is 5.64. The number of Topliss-reactive ketones (excluding diaryl/α,β-unsaturated/α-hetero) is 1. The highest BCUT2D eigenvalue weighted by molar-refractivity contribution is 9.10. The van der Waals surface area contributed by atoms with E-state index in [-0.39, 0.29) is 5.78 Å². The van der Waals surface area contributed by atoms with Crippen LogP contribution >= 0.6 is 27.3 Å². The molecule has 0 spiro atoms. The number of carbonyl (C=O) groups excluding carboxylic acids is 1. The topological polar surface area (TPSA) is 53.8 Å². The molecule has 0 unspecified atom stereocenters. The van der Waals surface area contributed by atoms with Crippen LogP contribution in [0.25, 0.3) is 0 Å². The van der Waals surface area contributed by atoms with E-state index in [2.05, 4.69) is 27.0 Å². The van der Waals surface area contributed by atoms with E-state index < -0.39 is 5.92 Å². The summed E-state index contributed by atoms with van der Waals surface area (Å²) in [6.45, 7) is 3.76. The Hall–Kier alpha value is -1.51. The standard InChI is InChI=1S/C14H11BrN2OS/c1-8-3-10(5-11(15)4-8)13(18)12(6-16)14-17-9(2)7-19-14/h3-5,7,12H,1-2H3/t12-/m1/s1. The minimum Gasteiger partial charge on any atom is -0.292 e. The number of aryl methyl sites for hydroxylation is 2. The number of nitriles is 1. The number of halogens is 1. The third-order valence-corrected chi connectivity index (χ3v) is 4.09. The van der Waals surface area contributed by atoms with Crippen molar-refractivity contribution >= 4 is 33.0 Å². The van der Waals surface area contributed by atoms with Crippen LogP contribution in [0, 0.1) is 25.2 Å². The van der Waals surface area contributed by atoms with Crippen LogP contribution in [0.4, 0.5) is 0 Å². The summed E-state index contributed by atoms with van der Waals surface area (Å²) in [6.07, 6.45) is 0. The molecule has 0 bridgehead atoms. The predicted molar refractivity (Wildman–Crippen MR) is 78.4 cm³/mol. The van der Waals surface area contributed by atoms with Crippen LogP contribution in [0.5, 0.6) is 0 Å². The smallest absolute Gasteiger partial charge is 0.186 e.